The Bertz CT molecular complexity index is 769. The number of hydrogen-bond acceptors (Lipinski definition) is 4. The van der Waals surface area contributed by atoms with Gasteiger partial charge in [0, 0.05) is 18.1 Å². The maximum atomic E-state index is 13.3. The predicted molar refractivity (Wildman–Crippen MR) is 113 cm³/mol. The van der Waals surface area contributed by atoms with E-state index in [1.54, 1.807) is 0 Å². The van der Waals surface area contributed by atoms with Crippen molar-refractivity contribution in [2.24, 2.45) is 0 Å². The zero-order valence-corrected chi connectivity index (χ0v) is 18.2. The Balaban J connectivity index is 1.72. The van der Waals surface area contributed by atoms with Gasteiger partial charge in [-0.3, -0.25) is 9.69 Å². The Kier molecular flexibility index (Phi) is 6.81. The molecule has 1 aliphatic carbocycles. The largest absolute Gasteiger partial charge is 0.335 e. The summed E-state index contributed by atoms with van der Waals surface area (Å²) >= 11 is 0. The van der Waals surface area contributed by atoms with Crippen LogP contribution in [0.25, 0.3) is 0 Å². The Morgan fingerprint density at radius 3 is 2.29 bits per heavy atom. The molecule has 156 valence electrons. The van der Waals surface area contributed by atoms with E-state index < -0.39 is 9.84 Å². The van der Waals surface area contributed by atoms with Crippen molar-refractivity contribution in [2.45, 2.75) is 70.5 Å². The van der Waals surface area contributed by atoms with E-state index in [4.69, 9.17) is 0 Å². The number of carbonyl (C=O) groups is 1. The topological polar surface area (TPSA) is 57.7 Å². The molecule has 6 heteroatoms. The molecule has 2 aliphatic rings. The molecule has 1 amide bonds. The van der Waals surface area contributed by atoms with Crippen LogP contribution in [0.3, 0.4) is 0 Å². The fraction of sp³-hybridized carbons (Fsp3) is 0.682. The molecule has 1 heterocycles. The molecule has 1 aromatic carbocycles. The second-order valence-electron chi connectivity index (χ2n) is 8.65. The maximum Gasteiger partial charge on any atom is 0.237 e. The van der Waals surface area contributed by atoms with Crippen LogP contribution >= 0.6 is 0 Å². The first-order valence-corrected chi connectivity index (χ1v) is 12.4. The van der Waals surface area contributed by atoms with Gasteiger partial charge in [-0.1, -0.05) is 49.1 Å². The molecule has 0 spiro atoms. The Hall–Kier alpha value is -1.40. The van der Waals surface area contributed by atoms with Gasteiger partial charge >= 0.3 is 0 Å². The van der Waals surface area contributed by atoms with Crippen molar-refractivity contribution >= 4 is 15.7 Å². The van der Waals surface area contributed by atoms with Crippen LogP contribution in [0, 0.1) is 6.92 Å². The first-order valence-electron chi connectivity index (χ1n) is 10.6. The lowest BCUT2D eigenvalue weighted by atomic mass is 9.92. The normalized spacial score (nSPS) is 23.6. The van der Waals surface area contributed by atoms with E-state index in [1.807, 2.05) is 11.9 Å². The average molecular weight is 407 g/mol. The lowest BCUT2D eigenvalue weighted by molar-refractivity contribution is -0.138. The summed E-state index contributed by atoms with van der Waals surface area (Å²) in [6.45, 7) is 4.50. The zero-order valence-electron chi connectivity index (χ0n) is 17.4. The SMILES string of the molecule is Cc1ccc(C(C)N(C)CC(=O)N(C2CCCCC2)C2CCS(=O)(=O)C2)cc1. The molecular weight excluding hydrogens is 372 g/mol. The van der Waals surface area contributed by atoms with E-state index in [0.717, 1.165) is 25.7 Å². The van der Waals surface area contributed by atoms with Crippen molar-refractivity contribution in [1.29, 1.82) is 0 Å². The minimum absolute atomic E-state index is 0.0791. The summed E-state index contributed by atoms with van der Waals surface area (Å²) in [5.41, 5.74) is 2.41. The third-order valence-corrected chi connectivity index (χ3v) is 8.21. The summed E-state index contributed by atoms with van der Waals surface area (Å²) in [5.74, 6) is 0.423. The van der Waals surface area contributed by atoms with E-state index in [0.29, 0.717) is 13.0 Å². The Morgan fingerprint density at radius 2 is 1.71 bits per heavy atom. The number of nitrogens with zero attached hydrogens (tertiary/aromatic N) is 2. The monoisotopic (exact) mass is 406 g/mol. The molecule has 1 saturated heterocycles. The number of benzene rings is 1. The first-order chi connectivity index (χ1) is 13.3. The molecule has 1 aliphatic heterocycles. The molecule has 2 atom stereocenters. The van der Waals surface area contributed by atoms with Crippen LogP contribution in [0.4, 0.5) is 0 Å². The van der Waals surface area contributed by atoms with Gasteiger partial charge in [0.1, 0.15) is 0 Å². The van der Waals surface area contributed by atoms with Crippen LogP contribution in [0.5, 0.6) is 0 Å². The quantitative estimate of drug-likeness (QED) is 0.727. The van der Waals surface area contributed by atoms with Crippen molar-refractivity contribution in [3.8, 4) is 0 Å². The number of aryl methyl sites for hydroxylation is 1. The van der Waals surface area contributed by atoms with Crippen LogP contribution in [-0.4, -0.2) is 61.3 Å². The molecule has 2 unspecified atom stereocenters. The lowest BCUT2D eigenvalue weighted by Crippen LogP contribution is -2.51. The number of carbonyl (C=O) groups excluding carboxylic acids is 1. The summed E-state index contributed by atoms with van der Waals surface area (Å²) in [6.07, 6.45) is 6.06. The van der Waals surface area contributed by atoms with Crippen molar-refractivity contribution < 1.29 is 13.2 Å². The van der Waals surface area contributed by atoms with Crippen LogP contribution in [0.15, 0.2) is 24.3 Å². The first kappa shape index (κ1) is 21.3. The van der Waals surface area contributed by atoms with Gasteiger partial charge in [-0.05, 0) is 45.7 Å². The average Bonchev–Trinajstić information content (AvgIpc) is 3.02. The van der Waals surface area contributed by atoms with Gasteiger partial charge in [0.2, 0.25) is 5.91 Å². The Morgan fingerprint density at radius 1 is 1.07 bits per heavy atom. The standard InChI is InChI=1S/C22H34N2O3S/c1-17-9-11-19(12-10-17)18(2)23(3)15-22(25)24(20-7-5-4-6-8-20)21-13-14-28(26,27)16-21/h9-12,18,20-21H,4-8,13-16H2,1-3H3. The molecule has 28 heavy (non-hydrogen) atoms. The number of rotatable bonds is 6. The minimum atomic E-state index is -3.01. The number of sulfone groups is 1. The predicted octanol–water partition coefficient (Wildman–Crippen LogP) is 3.34. The highest BCUT2D eigenvalue weighted by atomic mass is 32.2. The van der Waals surface area contributed by atoms with E-state index in [1.165, 1.54) is 17.5 Å². The molecule has 0 N–H and O–H groups in total. The van der Waals surface area contributed by atoms with Gasteiger partial charge in [-0.2, -0.15) is 0 Å². The van der Waals surface area contributed by atoms with Crippen molar-refractivity contribution in [1.82, 2.24) is 9.80 Å². The molecule has 0 bridgehead atoms. The van der Waals surface area contributed by atoms with E-state index in [9.17, 15) is 13.2 Å². The van der Waals surface area contributed by atoms with Crippen LogP contribution in [0.1, 0.15) is 62.6 Å². The van der Waals surface area contributed by atoms with Crippen molar-refractivity contribution in [3.05, 3.63) is 35.4 Å². The van der Waals surface area contributed by atoms with Gasteiger partial charge < -0.3 is 4.90 Å². The second kappa shape index (κ2) is 8.95. The molecule has 0 radical (unpaired) electrons. The molecule has 1 aromatic rings. The van der Waals surface area contributed by atoms with Crippen molar-refractivity contribution in [2.75, 3.05) is 25.1 Å². The molecule has 1 saturated carbocycles. The molecule has 3 rings (SSSR count). The zero-order chi connectivity index (χ0) is 20.3. The third kappa shape index (κ3) is 5.15. The van der Waals surface area contributed by atoms with Gasteiger partial charge in [0.25, 0.3) is 0 Å². The number of hydrogen-bond donors (Lipinski definition) is 0. The van der Waals surface area contributed by atoms with Crippen LogP contribution < -0.4 is 0 Å². The maximum absolute atomic E-state index is 13.3. The van der Waals surface area contributed by atoms with Gasteiger partial charge in [-0.25, -0.2) is 8.42 Å². The minimum Gasteiger partial charge on any atom is -0.335 e. The summed E-state index contributed by atoms with van der Waals surface area (Å²) < 4.78 is 24.1. The fourth-order valence-electron chi connectivity index (χ4n) is 4.59. The smallest absolute Gasteiger partial charge is 0.237 e. The number of likely N-dealkylation sites (N-methyl/N-ethyl adjacent to an activating group) is 1. The fourth-order valence-corrected chi connectivity index (χ4v) is 6.30. The van der Waals surface area contributed by atoms with E-state index in [-0.39, 0.29) is 35.5 Å². The van der Waals surface area contributed by atoms with Crippen LogP contribution in [0.2, 0.25) is 0 Å². The molecule has 2 fully saturated rings. The van der Waals surface area contributed by atoms with Gasteiger partial charge in [-0.15, -0.1) is 0 Å². The highest BCUT2D eigenvalue weighted by Crippen LogP contribution is 2.29. The molecular formula is C22H34N2O3S. The van der Waals surface area contributed by atoms with Gasteiger partial charge in [0.05, 0.1) is 18.1 Å². The van der Waals surface area contributed by atoms with E-state index in [2.05, 4.69) is 43.0 Å². The summed E-state index contributed by atoms with van der Waals surface area (Å²) in [6, 6.07) is 8.60. The van der Waals surface area contributed by atoms with Crippen LogP contribution in [-0.2, 0) is 14.6 Å². The number of amides is 1. The third-order valence-electron chi connectivity index (χ3n) is 6.46. The Labute approximate surface area is 170 Å². The highest BCUT2D eigenvalue weighted by molar-refractivity contribution is 7.91. The summed E-state index contributed by atoms with van der Waals surface area (Å²) in [5, 5.41) is 0. The van der Waals surface area contributed by atoms with Crippen molar-refractivity contribution in [3.63, 3.8) is 0 Å². The second-order valence-corrected chi connectivity index (χ2v) is 10.9. The highest BCUT2D eigenvalue weighted by Gasteiger charge is 2.38. The summed E-state index contributed by atoms with van der Waals surface area (Å²) in [4.78, 5) is 17.4. The lowest BCUT2D eigenvalue weighted by Gasteiger charge is -2.39. The molecule has 0 aromatic heterocycles. The van der Waals surface area contributed by atoms with E-state index >= 15 is 0 Å². The summed E-state index contributed by atoms with van der Waals surface area (Å²) in [7, 11) is -1.03. The van der Waals surface area contributed by atoms with Gasteiger partial charge in [0.15, 0.2) is 9.84 Å². The molecule has 5 nitrogen and oxygen atoms in total.